The topological polar surface area (TPSA) is 51.1 Å². The zero-order chi connectivity index (χ0) is 16.7. The van der Waals surface area contributed by atoms with Gasteiger partial charge in [-0.05, 0) is 38.3 Å². The number of aryl methyl sites for hydroxylation is 2. The molecule has 0 atom stereocenters. The highest BCUT2D eigenvalue weighted by Gasteiger charge is 2.48. The van der Waals surface area contributed by atoms with Gasteiger partial charge in [-0.15, -0.1) is 23.1 Å². The van der Waals surface area contributed by atoms with Crippen molar-refractivity contribution in [3.8, 4) is 0 Å². The number of thioether (sulfide) groups is 1. The van der Waals surface area contributed by atoms with Crippen LogP contribution in [0, 0.1) is 13.8 Å². The van der Waals surface area contributed by atoms with E-state index in [1.807, 2.05) is 11.8 Å². The Hall–Kier alpha value is -0.890. The molecule has 1 saturated heterocycles. The van der Waals surface area contributed by atoms with Gasteiger partial charge in [-0.3, -0.25) is 0 Å². The fraction of sp³-hybridized carbons (Fsp3) is 0.562. The van der Waals surface area contributed by atoms with Crippen molar-refractivity contribution < 1.29 is 4.74 Å². The average Bonchev–Trinajstić information content (AvgIpc) is 3.28. The van der Waals surface area contributed by atoms with Gasteiger partial charge in [0.1, 0.15) is 5.82 Å². The molecule has 0 N–H and O–H groups in total. The molecule has 2 aromatic rings. The quantitative estimate of drug-likeness (QED) is 0.749. The second-order valence-corrected chi connectivity index (χ2v) is 9.38. The van der Waals surface area contributed by atoms with Gasteiger partial charge in [-0.2, -0.15) is 0 Å². The Morgan fingerprint density at radius 1 is 1.21 bits per heavy atom. The van der Waals surface area contributed by atoms with E-state index in [0.29, 0.717) is 5.28 Å². The van der Waals surface area contributed by atoms with Crippen molar-refractivity contribution in [3.63, 3.8) is 0 Å². The zero-order valence-corrected chi connectivity index (χ0v) is 16.1. The maximum atomic E-state index is 6.24. The van der Waals surface area contributed by atoms with Gasteiger partial charge in [0.05, 0.1) is 38.6 Å². The molecule has 0 unspecified atom stereocenters. The van der Waals surface area contributed by atoms with Gasteiger partial charge < -0.3 is 9.64 Å². The van der Waals surface area contributed by atoms with Crippen molar-refractivity contribution in [2.75, 3.05) is 31.2 Å². The van der Waals surface area contributed by atoms with Crippen LogP contribution in [-0.4, -0.2) is 41.3 Å². The average molecular weight is 383 g/mol. The minimum absolute atomic E-state index is 0.0251. The van der Waals surface area contributed by atoms with Crippen molar-refractivity contribution in [2.24, 2.45) is 0 Å². The Kier molecular flexibility index (Phi) is 4.45. The van der Waals surface area contributed by atoms with Crippen LogP contribution >= 0.6 is 34.7 Å². The number of morpholine rings is 1. The van der Waals surface area contributed by atoms with E-state index in [1.165, 1.54) is 4.21 Å². The highest BCUT2D eigenvalue weighted by atomic mass is 35.5. The summed E-state index contributed by atoms with van der Waals surface area (Å²) >= 11 is 9.89. The molecule has 2 fully saturated rings. The van der Waals surface area contributed by atoms with E-state index in [4.69, 9.17) is 16.3 Å². The van der Waals surface area contributed by atoms with Crippen molar-refractivity contribution in [1.82, 2.24) is 15.0 Å². The van der Waals surface area contributed by atoms with Crippen LogP contribution in [0.25, 0.3) is 0 Å². The lowest BCUT2D eigenvalue weighted by Gasteiger charge is -2.28. The molecule has 2 aliphatic rings. The molecule has 4 rings (SSSR count). The third kappa shape index (κ3) is 3.27. The molecule has 128 valence electrons. The molecular formula is C16H19ClN4OS2. The molecule has 0 aromatic carbocycles. The van der Waals surface area contributed by atoms with Gasteiger partial charge in [-0.1, -0.05) is 0 Å². The molecule has 2 aromatic heterocycles. The number of aromatic nitrogens is 3. The summed E-state index contributed by atoms with van der Waals surface area (Å²) < 4.78 is 6.74. The van der Waals surface area contributed by atoms with Crippen LogP contribution in [-0.2, 0) is 9.48 Å². The molecule has 1 saturated carbocycles. The van der Waals surface area contributed by atoms with Gasteiger partial charge in [0.25, 0.3) is 0 Å². The maximum Gasteiger partial charge on any atom is 0.224 e. The summed E-state index contributed by atoms with van der Waals surface area (Å²) in [5.41, 5.74) is 2.15. The van der Waals surface area contributed by atoms with Crippen LogP contribution in [0.5, 0.6) is 0 Å². The van der Waals surface area contributed by atoms with E-state index < -0.39 is 0 Å². The van der Waals surface area contributed by atoms with E-state index in [2.05, 4.69) is 39.8 Å². The monoisotopic (exact) mass is 382 g/mol. The highest BCUT2D eigenvalue weighted by molar-refractivity contribution is 8.02. The summed E-state index contributed by atoms with van der Waals surface area (Å²) in [6.45, 7) is 7.29. The van der Waals surface area contributed by atoms with E-state index in [-0.39, 0.29) is 4.75 Å². The number of hydrogen-bond acceptors (Lipinski definition) is 7. The number of thiazole rings is 1. The molecule has 8 heteroatoms. The van der Waals surface area contributed by atoms with Crippen LogP contribution in [0.4, 0.5) is 5.82 Å². The molecule has 1 aliphatic heterocycles. The fourth-order valence-corrected chi connectivity index (χ4v) is 5.79. The number of halogens is 1. The Morgan fingerprint density at radius 2 is 1.96 bits per heavy atom. The number of hydrogen-bond donors (Lipinski definition) is 0. The Morgan fingerprint density at radius 3 is 2.58 bits per heavy atom. The van der Waals surface area contributed by atoms with E-state index >= 15 is 0 Å². The SMILES string of the molecule is Cc1nc(C)c(SC2(c3cc(N4CCOCC4)nc(Cl)n3)CC2)s1. The predicted octanol–water partition coefficient (Wildman–Crippen LogP) is 3.82. The van der Waals surface area contributed by atoms with E-state index in [0.717, 1.165) is 61.4 Å². The van der Waals surface area contributed by atoms with Crippen LogP contribution in [0.2, 0.25) is 5.28 Å². The fourth-order valence-electron chi connectivity index (χ4n) is 2.90. The first-order chi connectivity index (χ1) is 11.6. The summed E-state index contributed by atoms with van der Waals surface area (Å²) in [6, 6.07) is 2.11. The Balaban J connectivity index is 1.63. The molecular weight excluding hydrogens is 364 g/mol. The Bertz CT molecular complexity index is 757. The second kappa shape index (κ2) is 6.44. The predicted molar refractivity (Wildman–Crippen MR) is 98.4 cm³/mol. The normalized spacial score (nSPS) is 19.5. The third-order valence-corrected chi connectivity index (χ3v) is 7.37. The van der Waals surface area contributed by atoms with E-state index in [9.17, 15) is 0 Å². The molecule has 0 bridgehead atoms. The lowest BCUT2D eigenvalue weighted by molar-refractivity contribution is 0.122. The first-order valence-corrected chi connectivity index (χ1v) is 10.1. The first-order valence-electron chi connectivity index (χ1n) is 8.06. The number of ether oxygens (including phenoxy) is 1. The molecule has 5 nitrogen and oxygen atoms in total. The summed E-state index contributed by atoms with van der Waals surface area (Å²) in [6.07, 6.45) is 2.23. The van der Waals surface area contributed by atoms with Crippen LogP contribution < -0.4 is 4.90 Å². The minimum atomic E-state index is 0.0251. The summed E-state index contributed by atoms with van der Waals surface area (Å²) in [7, 11) is 0. The van der Waals surface area contributed by atoms with Gasteiger partial charge in [0, 0.05) is 19.2 Å². The Labute approximate surface area is 154 Å². The number of rotatable bonds is 4. The van der Waals surface area contributed by atoms with Crippen LogP contribution in [0.3, 0.4) is 0 Å². The number of nitrogens with zero attached hydrogens (tertiary/aromatic N) is 4. The van der Waals surface area contributed by atoms with Crippen molar-refractivity contribution in [3.05, 3.63) is 27.7 Å². The van der Waals surface area contributed by atoms with Crippen LogP contribution in [0.15, 0.2) is 10.3 Å². The summed E-state index contributed by atoms with van der Waals surface area (Å²) in [5, 5.41) is 1.44. The van der Waals surface area contributed by atoms with E-state index in [1.54, 1.807) is 11.3 Å². The van der Waals surface area contributed by atoms with Gasteiger partial charge in [-0.25, -0.2) is 15.0 Å². The standard InChI is InChI=1S/C16H19ClN4OS2/c1-10-14(23-11(2)18-10)24-16(3-4-16)12-9-13(20-15(17)19-12)21-5-7-22-8-6-21/h9H,3-8H2,1-2H3. The van der Waals surface area contributed by atoms with Crippen molar-refractivity contribution >= 4 is 40.5 Å². The molecule has 1 aliphatic carbocycles. The molecule has 0 spiro atoms. The smallest absolute Gasteiger partial charge is 0.224 e. The van der Waals surface area contributed by atoms with Gasteiger partial charge in [0.15, 0.2) is 0 Å². The third-order valence-electron chi connectivity index (χ3n) is 4.34. The molecule has 0 amide bonds. The molecule has 0 radical (unpaired) electrons. The summed E-state index contributed by atoms with van der Waals surface area (Å²) in [4.78, 5) is 15.8. The minimum Gasteiger partial charge on any atom is -0.378 e. The lowest BCUT2D eigenvalue weighted by atomic mass is 10.2. The van der Waals surface area contributed by atoms with Gasteiger partial charge in [0.2, 0.25) is 5.28 Å². The largest absolute Gasteiger partial charge is 0.378 e. The molecule has 3 heterocycles. The molecule has 24 heavy (non-hydrogen) atoms. The number of anilines is 1. The highest BCUT2D eigenvalue weighted by Crippen LogP contribution is 2.60. The zero-order valence-electron chi connectivity index (χ0n) is 13.7. The van der Waals surface area contributed by atoms with Crippen molar-refractivity contribution in [1.29, 1.82) is 0 Å². The van der Waals surface area contributed by atoms with Gasteiger partial charge >= 0.3 is 0 Å². The lowest BCUT2D eigenvalue weighted by Crippen LogP contribution is -2.37. The van der Waals surface area contributed by atoms with Crippen molar-refractivity contribution in [2.45, 2.75) is 35.6 Å². The first kappa shape index (κ1) is 16.6. The maximum absolute atomic E-state index is 6.24. The second-order valence-electron chi connectivity index (χ2n) is 6.18. The van der Waals surface area contributed by atoms with Crippen LogP contribution in [0.1, 0.15) is 29.2 Å². The summed E-state index contributed by atoms with van der Waals surface area (Å²) in [5.74, 6) is 0.914.